The minimum absolute atomic E-state index is 0.0359. The zero-order chi connectivity index (χ0) is 49.1. The molecule has 6 aliphatic rings. The molecule has 7 rings (SSSR count). The Hall–Kier alpha value is -4.17. The first-order chi connectivity index (χ1) is 31.3. The molecule has 16 heteroatoms. The van der Waals surface area contributed by atoms with E-state index in [0.717, 1.165) is 64.2 Å². The number of nitrogens with zero attached hydrogens (tertiary/aromatic N) is 3. The van der Waals surface area contributed by atoms with Crippen molar-refractivity contribution in [3.8, 4) is 0 Å². The fourth-order valence-electron chi connectivity index (χ4n) is 15.7. The minimum atomic E-state index is -1.17. The molecule has 67 heavy (non-hydrogen) atoms. The molecule has 0 spiro atoms. The number of carboxylic acid groups (broad SMARTS) is 1. The van der Waals surface area contributed by atoms with Gasteiger partial charge in [-0.1, -0.05) is 48.5 Å². The Bertz CT molecular complexity index is 2250. The number of H-pyrrole nitrogens is 1. The van der Waals surface area contributed by atoms with Crippen LogP contribution >= 0.6 is 0 Å². The first-order valence-electron chi connectivity index (χ1n) is 25.1. The number of aromatic amines is 1. The standard InChI is InChI=1S/C51H77N5O11/c1-29(2)31-16-21-51(28-65-44(62)46(4,5)25-41(60)64-27-34-33(54-55-52)24-38(66-34)56-26-30(3)43(61)53-45(56)63)23-22-49(9)32(42(31)51)14-15-36-48(8)19-18-37(67-40(59)13-11-12-39(57)58)47(6,7)35(48)17-20-50(36,49)10/h26,29,31-38,42,52H,11-25,27-28H2,1-10H3,(H-,53,57,58,61,63)/p+1/t31-,32+,33?,34?,35-,36+,37-,38?,42+,48-,49+,50+,51+/m0/s1. The molecule has 1 aromatic rings. The molecule has 0 radical (unpaired) electrons. The number of hydrogen-bond donors (Lipinski definition) is 3. The van der Waals surface area contributed by atoms with Gasteiger partial charge >= 0.3 is 29.6 Å². The highest BCUT2D eigenvalue weighted by Gasteiger charge is 2.71. The molecule has 5 aliphatic carbocycles. The quantitative estimate of drug-likeness (QED) is 0.0654. The van der Waals surface area contributed by atoms with Crippen LogP contribution in [-0.2, 0) is 38.1 Å². The number of esters is 3. The number of fused-ring (bicyclic) bond motifs is 7. The van der Waals surface area contributed by atoms with Crippen molar-refractivity contribution in [3.05, 3.63) is 32.6 Å². The number of aryl methyl sites for hydroxylation is 1. The monoisotopic (exact) mass is 937 g/mol. The van der Waals surface area contributed by atoms with E-state index in [1.165, 1.54) is 10.8 Å². The Kier molecular flexibility index (Phi) is 14.1. The number of hydrogen-bond acceptors (Lipinski definition) is 12. The van der Waals surface area contributed by atoms with Crippen LogP contribution in [0.5, 0.6) is 0 Å². The molecule has 0 bridgehead atoms. The Morgan fingerprint density at radius 2 is 1.67 bits per heavy atom. The summed E-state index contributed by atoms with van der Waals surface area (Å²) in [6.07, 6.45) is 10.4. The van der Waals surface area contributed by atoms with E-state index in [1.807, 2.05) is 0 Å². The van der Waals surface area contributed by atoms with Crippen LogP contribution in [0.1, 0.15) is 170 Å². The highest BCUT2D eigenvalue weighted by molar-refractivity contribution is 5.82. The summed E-state index contributed by atoms with van der Waals surface area (Å²) in [5.41, 5.74) is 5.24. The van der Waals surface area contributed by atoms with Crippen LogP contribution in [0, 0.1) is 80.5 Å². The van der Waals surface area contributed by atoms with Crippen molar-refractivity contribution in [1.82, 2.24) is 14.5 Å². The smallest absolute Gasteiger partial charge is 0.330 e. The maximum atomic E-state index is 14.1. The van der Waals surface area contributed by atoms with E-state index in [9.17, 15) is 28.8 Å². The molecule has 6 fully saturated rings. The molecule has 0 aromatic carbocycles. The summed E-state index contributed by atoms with van der Waals surface area (Å²) in [4.78, 5) is 81.4. The van der Waals surface area contributed by atoms with Crippen LogP contribution in [0.2, 0.25) is 0 Å². The molecule has 0 amide bonds. The van der Waals surface area contributed by atoms with Gasteiger partial charge in [0.1, 0.15) is 35.7 Å². The summed E-state index contributed by atoms with van der Waals surface area (Å²) >= 11 is 0. The van der Waals surface area contributed by atoms with Gasteiger partial charge in [0.25, 0.3) is 5.56 Å². The van der Waals surface area contributed by atoms with Crippen molar-refractivity contribution < 1.29 is 43.2 Å². The number of carbonyl (C=O) groups excluding carboxylic acids is 3. The van der Waals surface area contributed by atoms with E-state index in [1.54, 1.807) is 20.8 Å². The first-order valence-corrected chi connectivity index (χ1v) is 25.1. The average Bonchev–Trinajstić information content (AvgIpc) is 3.83. The fourth-order valence-corrected chi connectivity index (χ4v) is 15.7. The summed E-state index contributed by atoms with van der Waals surface area (Å²) in [7, 11) is 0. The second-order valence-electron chi connectivity index (χ2n) is 24.0. The maximum Gasteiger partial charge on any atom is 0.330 e. The number of ether oxygens (including phenoxy) is 4. The number of aliphatic carboxylic acids is 1. The van der Waals surface area contributed by atoms with E-state index in [0.29, 0.717) is 47.7 Å². The number of rotatable bonds is 15. The predicted octanol–water partition coefficient (Wildman–Crippen LogP) is 8.46. The Labute approximate surface area is 395 Å². The molecule has 1 aliphatic heterocycles. The SMILES string of the molecule is Cc1cn(C2CC(N=[N+]=N)C(COC(=O)CC(C)(C)C(=O)OC[C@]34CC[C@@H](C(C)C)[C@@H]3[C@H]3CC[C@@H]5[C@@]6(C)CC[C@H](OC(=O)CCCC(=O)O)C(C)(C)[C@@H]6CC[C@@]5(C)[C@]3(C)CC4)O2)c(=O)[nH]c1=O. The summed E-state index contributed by atoms with van der Waals surface area (Å²) in [5.74, 6) is 0.573. The predicted molar refractivity (Wildman–Crippen MR) is 246 cm³/mol. The second kappa shape index (κ2) is 18.6. The highest BCUT2D eigenvalue weighted by Crippen LogP contribution is 2.77. The molecule has 1 aromatic heterocycles. The average molecular weight is 937 g/mol. The number of aromatic nitrogens is 2. The highest BCUT2D eigenvalue weighted by atomic mass is 16.6. The van der Waals surface area contributed by atoms with Gasteiger partial charge < -0.3 is 24.1 Å². The third-order valence-electron chi connectivity index (χ3n) is 19.4. The van der Waals surface area contributed by atoms with Crippen LogP contribution in [0.3, 0.4) is 0 Å². The molecule has 2 heterocycles. The molecule has 3 unspecified atom stereocenters. The van der Waals surface area contributed by atoms with E-state index >= 15 is 0 Å². The summed E-state index contributed by atoms with van der Waals surface area (Å²) in [6, 6.07) is -0.677. The van der Waals surface area contributed by atoms with Crippen LogP contribution in [-0.4, -0.2) is 70.0 Å². The van der Waals surface area contributed by atoms with Gasteiger partial charge in [0, 0.05) is 41.9 Å². The molecule has 5 saturated carbocycles. The summed E-state index contributed by atoms with van der Waals surface area (Å²) in [6.45, 7) is 22.1. The number of nitrogens with one attached hydrogen (secondary N) is 2. The molecule has 16 nitrogen and oxygen atoms in total. The van der Waals surface area contributed by atoms with Crippen LogP contribution < -0.4 is 16.2 Å². The third-order valence-corrected chi connectivity index (χ3v) is 19.4. The normalized spacial score (nSPS) is 37.5. The van der Waals surface area contributed by atoms with E-state index in [4.69, 9.17) is 29.6 Å². The summed E-state index contributed by atoms with van der Waals surface area (Å²) in [5, 5.41) is 13.0. The van der Waals surface area contributed by atoms with Gasteiger partial charge in [-0.3, -0.25) is 33.5 Å². The molecule has 13 atom stereocenters. The van der Waals surface area contributed by atoms with E-state index in [2.05, 4.69) is 63.5 Å². The van der Waals surface area contributed by atoms with Gasteiger partial charge in [-0.25, -0.2) is 4.79 Å². The molecular formula is C51H78N5O11+. The Morgan fingerprint density at radius 1 is 0.940 bits per heavy atom. The minimum Gasteiger partial charge on any atom is -0.481 e. The van der Waals surface area contributed by atoms with Crippen molar-refractivity contribution in [1.29, 1.82) is 5.53 Å². The molecular weight excluding hydrogens is 859 g/mol. The number of carboxylic acids is 1. The van der Waals surface area contributed by atoms with Crippen molar-refractivity contribution in [2.75, 3.05) is 13.2 Å². The van der Waals surface area contributed by atoms with Crippen LogP contribution in [0.4, 0.5) is 0 Å². The lowest BCUT2D eigenvalue weighted by molar-refractivity contribution is -0.254. The second-order valence-corrected chi connectivity index (χ2v) is 24.0. The lowest BCUT2D eigenvalue weighted by Crippen LogP contribution is -2.67. The molecule has 3 N–H and O–H groups in total. The topological polar surface area (TPSA) is 231 Å². The van der Waals surface area contributed by atoms with Crippen LogP contribution in [0.15, 0.2) is 20.9 Å². The third kappa shape index (κ3) is 9.11. The van der Waals surface area contributed by atoms with Crippen molar-refractivity contribution in [2.45, 2.75) is 190 Å². The molecule has 1 saturated heterocycles. The molecule has 372 valence electrons. The maximum absolute atomic E-state index is 14.1. The van der Waals surface area contributed by atoms with Gasteiger partial charge in [-0.05, 0) is 143 Å². The van der Waals surface area contributed by atoms with Gasteiger partial charge in [-0.15, -0.1) is 0 Å². The van der Waals surface area contributed by atoms with E-state index in [-0.39, 0.29) is 77.9 Å². The Balaban J connectivity index is 1.00. The largest absolute Gasteiger partial charge is 0.481 e. The zero-order valence-electron chi connectivity index (χ0n) is 41.7. The van der Waals surface area contributed by atoms with Crippen LogP contribution in [0.25, 0.3) is 0 Å². The van der Waals surface area contributed by atoms with Crippen molar-refractivity contribution in [2.24, 2.45) is 73.1 Å². The lowest BCUT2D eigenvalue weighted by atomic mass is 9.32. The van der Waals surface area contributed by atoms with Gasteiger partial charge in [-0.2, -0.15) is 0 Å². The lowest BCUT2D eigenvalue weighted by Gasteiger charge is -2.73. The van der Waals surface area contributed by atoms with Gasteiger partial charge in [0.2, 0.25) is 4.91 Å². The van der Waals surface area contributed by atoms with Crippen molar-refractivity contribution >= 4 is 23.9 Å². The zero-order valence-corrected chi connectivity index (χ0v) is 41.7. The van der Waals surface area contributed by atoms with Gasteiger partial charge in [0.05, 0.1) is 18.4 Å². The van der Waals surface area contributed by atoms with E-state index < -0.39 is 52.9 Å². The fraction of sp³-hybridized carbons (Fsp3) is 0.843. The van der Waals surface area contributed by atoms with Gasteiger partial charge in [0.15, 0.2) is 6.04 Å². The summed E-state index contributed by atoms with van der Waals surface area (Å²) < 4.78 is 25.5. The number of carbonyl (C=O) groups is 4. The Morgan fingerprint density at radius 3 is 2.36 bits per heavy atom. The first kappa shape index (κ1) is 50.7. The van der Waals surface area contributed by atoms with Crippen molar-refractivity contribution in [3.63, 3.8) is 0 Å².